The Bertz CT molecular complexity index is 409. The molecule has 0 aromatic rings. The second-order valence-electron chi connectivity index (χ2n) is 6.07. The molecule has 1 heterocycles. The molecule has 1 rings (SSSR count). The summed E-state index contributed by atoms with van der Waals surface area (Å²) in [5, 5.41) is 3.51. The van der Waals surface area contributed by atoms with Gasteiger partial charge in [-0.3, -0.25) is 4.99 Å². The van der Waals surface area contributed by atoms with Gasteiger partial charge < -0.3 is 10.2 Å². The van der Waals surface area contributed by atoms with Crippen molar-refractivity contribution in [2.24, 2.45) is 16.8 Å². The Morgan fingerprint density at radius 3 is 2.67 bits per heavy atom. The summed E-state index contributed by atoms with van der Waals surface area (Å²) in [6, 6.07) is 0. The molecule has 0 spiro atoms. The third kappa shape index (κ3) is 5.88. The minimum absolute atomic E-state index is 0.436. The van der Waals surface area contributed by atoms with Crippen LogP contribution in [-0.2, 0) is 0 Å². The maximum Gasteiger partial charge on any atom is 0.0432 e. The van der Waals surface area contributed by atoms with E-state index in [0.717, 1.165) is 37.3 Å². The largest absolute Gasteiger partial charge is 0.389 e. The first-order valence-corrected chi connectivity index (χ1v) is 7.95. The molecule has 1 aliphatic heterocycles. The van der Waals surface area contributed by atoms with Crippen molar-refractivity contribution in [3.05, 3.63) is 37.2 Å². The molecule has 21 heavy (non-hydrogen) atoms. The lowest BCUT2D eigenvalue weighted by molar-refractivity contribution is 0.401. The van der Waals surface area contributed by atoms with Crippen molar-refractivity contribution in [2.75, 3.05) is 26.7 Å². The standard InChI is InChI=1S/C18H31N3/c1-7-16(18(8-2)20-14(3)4)9-11-19-15(5)17-10-12-21(6)13-17/h8,16-17,19H,2-3,5,7,9-13H2,1,4,6H3. The predicted octanol–water partition coefficient (Wildman–Crippen LogP) is 3.62. The zero-order valence-corrected chi connectivity index (χ0v) is 14.0. The molecule has 1 N–H and O–H groups in total. The first-order valence-electron chi connectivity index (χ1n) is 7.95. The fourth-order valence-electron chi connectivity index (χ4n) is 2.86. The normalized spacial score (nSPS) is 21.1. The van der Waals surface area contributed by atoms with Crippen molar-refractivity contribution in [1.29, 1.82) is 0 Å². The van der Waals surface area contributed by atoms with Crippen LogP contribution in [-0.4, -0.2) is 37.3 Å². The molecular weight excluding hydrogens is 258 g/mol. The molecule has 0 radical (unpaired) electrons. The molecule has 0 aliphatic carbocycles. The average Bonchev–Trinajstić information content (AvgIpc) is 2.87. The number of hydrogen-bond donors (Lipinski definition) is 1. The van der Waals surface area contributed by atoms with Gasteiger partial charge in [0.1, 0.15) is 0 Å². The van der Waals surface area contributed by atoms with Gasteiger partial charge in [0.15, 0.2) is 0 Å². The Labute approximate surface area is 130 Å². The summed E-state index contributed by atoms with van der Waals surface area (Å²) in [7, 11) is 2.17. The molecule has 118 valence electrons. The monoisotopic (exact) mass is 289 g/mol. The summed E-state index contributed by atoms with van der Waals surface area (Å²) in [5.74, 6) is 1.03. The summed E-state index contributed by atoms with van der Waals surface area (Å²) in [4.78, 5) is 6.86. The van der Waals surface area contributed by atoms with E-state index in [1.165, 1.54) is 18.7 Å². The van der Waals surface area contributed by atoms with Crippen LogP contribution < -0.4 is 5.32 Å². The Morgan fingerprint density at radius 2 is 2.19 bits per heavy atom. The van der Waals surface area contributed by atoms with E-state index in [-0.39, 0.29) is 0 Å². The van der Waals surface area contributed by atoms with Crippen molar-refractivity contribution >= 4 is 5.71 Å². The molecule has 1 aliphatic rings. The van der Waals surface area contributed by atoms with E-state index in [0.29, 0.717) is 11.8 Å². The van der Waals surface area contributed by atoms with Crippen molar-refractivity contribution < 1.29 is 0 Å². The van der Waals surface area contributed by atoms with Gasteiger partial charge in [-0.2, -0.15) is 0 Å². The van der Waals surface area contributed by atoms with Crippen molar-refractivity contribution in [1.82, 2.24) is 10.2 Å². The molecule has 2 atom stereocenters. The highest BCUT2D eigenvalue weighted by atomic mass is 15.1. The first-order chi connectivity index (χ1) is 9.97. The SMILES string of the molecule is C=CC(=NC(=C)C)C(CC)CCNC(=C)C1CCN(C)C1. The third-order valence-corrected chi connectivity index (χ3v) is 4.17. The van der Waals surface area contributed by atoms with E-state index in [9.17, 15) is 0 Å². The van der Waals surface area contributed by atoms with Crippen molar-refractivity contribution in [3.8, 4) is 0 Å². The van der Waals surface area contributed by atoms with Crippen LogP contribution in [0.5, 0.6) is 0 Å². The van der Waals surface area contributed by atoms with Gasteiger partial charge in [-0.25, -0.2) is 0 Å². The van der Waals surface area contributed by atoms with Crippen LogP contribution >= 0.6 is 0 Å². The van der Waals surface area contributed by atoms with Crippen molar-refractivity contribution in [3.63, 3.8) is 0 Å². The van der Waals surface area contributed by atoms with Crippen LogP contribution in [0.4, 0.5) is 0 Å². The fourth-order valence-corrected chi connectivity index (χ4v) is 2.86. The quantitative estimate of drug-likeness (QED) is 0.657. The third-order valence-electron chi connectivity index (χ3n) is 4.17. The van der Waals surface area contributed by atoms with Crippen LogP contribution in [0.1, 0.15) is 33.1 Å². The molecule has 0 aromatic carbocycles. The molecule has 3 heteroatoms. The second kappa shape index (κ2) is 8.83. The topological polar surface area (TPSA) is 27.6 Å². The van der Waals surface area contributed by atoms with Crippen LogP contribution in [0, 0.1) is 11.8 Å². The maximum atomic E-state index is 4.50. The van der Waals surface area contributed by atoms with Gasteiger partial charge in [0.25, 0.3) is 0 Å². The van der Waals surface area contributed by atoms with Crippen LogP contribution in [0.2, 0.25) is 0 Å². The molecule has 0 saturated carbocycles. The van der Waals surface area contributed by atoms with E-state index in [1.54, 1.807) is 0 Å². The van der Waals surface area contributed by atoms with E-state index >= 15 is 0 Å². The van der Waals surface area contributed by atoms with Crippen LogP contribution in [0.3, 0.4) is 0 Å². The molecular formula is C18H31N3. The summed E-state index contributed by atoms with van der Waals surface area (Å²) < 4.78 is 0. The van der Waals surface area contributed by atoms with Gasteiger partial charge in [0.2, 0.25) is 0 Å². The Balaban J connectivity index is 2.43. The van der Waals surface area contributed by atoms with Gasteiger partial charge in [-0.1, -0.05) is 26.7 Å². The van der Waals surface area contributed by atoms with Crippen LogP contribution in [0.25, 0.3) is 0 Å². The van der Waals surface area contributed by atoms with Gasteiger partial charge in [0, 0.05) is 42.0 Å². The highest BCUT2D eigenvalue weighted by Crippen LogP contribution is 2.20. The lowest BCUT2D eigenvalue weighted by atomic mass is 9.95. The van der Waals surface area contributed by atoms with Gasteiger partial charge in [-0.15, -0.1) is 0 Å². The van der Waals surface area contributed by atoms with E-state index in [2.05, 4.69) is 48.9 Å². The first kappa shape index (κ1) is 17.7. The van der Waals surface area contributed by atoms with E-state index < -0.39 is 0 Å². The highest BCUT2D eigenvalue weighted by molar-refractivity contribution is 5.97. The number of allylic oxidation sites excluding steroid dienone is 2. The molecule has 0 bridgehead atoms. The Kier molecular flexibility index (Phi) is 7.44. The molecule has 0 amide bonds. The highest BCUT2D eigenvalue weighted by Gasteiger charge is 2.21. The number of likely N-dealkylation sites (tertiary alicyclic amines) is 1. The molecule has 3 nitrogen and oxygen atoms in total. The fraction of sp³-hybridized carbons (Fsp3) is 0.611. The van der Waals surface area contributed by atoms with E-state index in [1.807, 2.05) is 13.0 Å². The molecule has 1 saturated heterocycles. The predicted molar refractivity (Wildman–Crippen MR) is 93.6 cm³/mol. The minimum atomic E-state index is 0.436. The van der Waals surface area contributed by atoms with E-state index in [4.69, 9.17) is 0 Å². The number of hydrogen-bond acceptors (Lipinski definition) is 3. The average molecular weight is 289 g/mol. The summed E-state index contributed by atoms with van der Waals surface area (Å²) in [6.45, 7) is 19.3. The maximum absolute atomic E-state index is 4.50. The van der Waals surface area contributed by atoms with Gasteiger partial charge in [0.05, 0.1) is 0 Å². The lowest BCUT2D eigenvalue weighted by Crippen LogP contribution is -2.25. The summed E-state index contributed by atoms with van der Waals surface area (Å²) in [6.07, 6.45) is 5.20. The number of rotatable bonds is 9. The summed E-state index contributed by atoms with van der Waals surface area (Å²) >= 11 is 0. The smallest absolute Gasteiger partial charge is 0.0432 e. The second-order valence-corrected chi connectivity index (χ2v) is 6.07. The zero-order chi connectivity index (χ0) is 15.8. The number of nitrogens with zero attached hydrogens (tertiary/aromatic N) is 2. The summed E-state index contributed by atoms with van der Waals surface area (Å²) in [5.41, 5.74) is 3.08. The van der Waals surface area contributed by atoms with Gasteiger partial charge >= 0.3 is 0 Å². The van der Waals surface area contributed by atoms with Crippen molar-refractivity contribution in [2.45, 2.75) is 33.1 Å². The molecule has 0 aromatic heterocycles. The van der Waals surface area contributed by atoms with Crippen LogP contribution in [0.15, 0.2) is 42.2 Å². The van der Waals surface area contributed by atoms with Gasteiger partial charge in [-0.05, 0) is 45.9 Å². The zero-order valence-electron chi connectivity index (χ0n) is 14.0. The minimum Gasteiger partial charge on any atom is -0.389 e. The Morgan fingerprint density at radius 1 is 1.48 bits per heavy atom. The lowest BCUT2D eigenvalue weighted by Gasteiger charge is -2.19. The molecule has 1 fully saturated rings. The number of nitrogens with one attached hydrogen (secondary N) is 1. The molecule has 2 unspecified atom stereocenters. The Hall–Kier alpha value is -1.35. The number of aliphatic imine (C=N–C) groups is 1.